The summed E-state index contributed by atoms with van der Waals surface area (Å²) in [6.45, 7) is 1.91. The number of rotatable bonds is 11. The molecular formula is C12H24O5S. The summed E-state index contributed by atoms with van der Waals surface area (Å²) in [7, 11) is -3.78. The van der Waals surface area contributed by atoms with Crippen LogP contribution in [0.2, 0.25) is 0 Å². The second kappa shape index (κ2) is 10.3. The van der Waals surface area contributed by atoms with Crippen molar-refractivity contribution in [3.8, 4) is 0 Å². The van der Waals surface area contributed by atoms with Crippen LogP contribution >= 0.6 is 0 Å². The second-order valence-corrected chi connectivity index (χ2v) is 6.03. The van der Waals surface area contributed by atoms with Gasteiger partial charge in [0.15, 0.2) is 0 Å². The van der Waals surface area contributed by atoms with E-state index in [1.807, 2.05) is 0 Å². The van der Waals surface area contributed by atoms with E-state index in [0.717, 1.165) is 44.9 Å². The molecule has 108 valence electrons. The highest BCUT2D eigenvalue weighted by atomic mass is 32.2. The molecule has 0 heterocycles. The lowest BCUT2D eigenvalue weighted by molar-refractivity contribution is -0.141. The third-order valence-electron chi connectivity index (χ3n) is 2.60. The van der Waals surface area contributed by atoms with Crippen molar-refractivity contribution in [1.29, 1.82) is 0 Å². The predicted octanol–water partition coefficient (Wildman–Crippen LogP) is 2.56. The lowest BCUT2D eigenvalue weighted by Gasteiger charge is -2.02. The molecule has 0 atom stereocenters. The molecule has 0 bridgehead atoms. The first kappa shape index (κ1) is 17.4. The minimum Gasteiger partial charge on any atom is -0.466 e. The van der Waals surface area contributed by atoms with E-state index >= 15 is 0 Å². The number of hydrogen-bond acceptors (Lipinski definition) is 4. The molecule has 0 rings (SSSR count). The molecule has 18 heavy (non-hydrogen) atoms. The molecule has 5 nitrogen and oxygen atoms in total. The van der Waals surface area contributed by atoms with E-state index in [4.69, 9.17) is 9.29 Å². The molecule has 0 aromatic heterocycles. The van der Waals surface area contributed by atoms with Crippen molar-refractivity contribution in [1.82, 2.24) is 0 Å². The molecule has 1 N–H and O–H groups in total. The Hall–Kier alpha value is -0.620. The largest absolute Gasteiger partial charge is 0.466 e. The van der Waals surface area contributed by atoms with E-state index in [-0.39, 0.29) is 11.7 Å². The van der Waals surface area contributed by atoms with Crippen LogP contribution in [-0.4, -0.2) is 31.3 Å². The third kappa shape index (κ3) is 15.4. The van der Waals surface area contributed by atoms with Crippen LogP contribution in [0.4, 0.5) is 0 Å². The van der Waals surface area contributed by atoms with Crippen molar-refractivity contribution in [2.24, 2.45) is 0 Å². The SMILES string of the molecule is CC(=O)OCCCCCCCCCCS(=O)(=O)O. The van der Waals surface area contributed by atoms with Gasteiger partial charge in [0, 0.05) is 6.92 Å². The normalized spacial score (nSPS) is 11.4. The van der Waals surface area contributed by atoms with Crippen LogP contribution < -0.4 is 0 Å². The van der Waals surface area contributed by atoms with Crippen molar-refractivity contribution in [2.75, 3.05) is 12.4 Å². The molecule has 0 fully saturated rings. The molecule has 0 aliphatic rings. The first-order valence-corrected chi connectivity index (χ1v) is 8.11. The summed E-state index contributed by atoms with van der Waals surface area (Å²) < 4.78 is 34.2. The molecule has 0 radical (unpaired) electrons. The van der Waals surface area contributed by atoms with Gasteiger partial charge in [-0.25, -0.2) is 0 Å². The van der Waals surface area contributed by atoms with Crippen LogP contribution in [0, 0.1) is 0 Å². The minimum absolute atomic E-state index is 0.130. The van der Waals surface area contributed by atoms with Crippen LogP contribution in [0.1, 0.15) is 58.3 Å². The van der Waals surface area contributed by atoms with Gasteiger partial charge in [-0.05, 0) is 12.8 Å². The molecule has 0 unspecified atom stereocenters. The maximum absolute atomic E-state index is 10.5. The molecule has 0 spiro atoms. The zero-order valence-electron chi connectivity index (χ0n) is 11.1. The fraction of sp³-hybridized carbons (Fsp3) is 0.917. The Bertz CT molecular complexity index is 310. The highest BCUT2D eigenvalue weighted by molar-refractivity contribution is 7.85. The second-order valence-electron chi connectivity index (χ2n) is 4.45. The maximum atomic E-state index is 10.5. The van der Waals surface area contributed by atoms with Crippen molar-refractivity contribution < 1.29 is 22.5 Å². The van der Waals surface area contributed by atoms with Crippen LogP contribution in [0.25, 0.3) is 0 Å². The van der Waals surface area contributed by atoms with Crippen molar-refractivity contribution in [2.45, 2.75) is 58.3 Å². The van der Waals surface area contributed by atoms with E-state index in [1.165, 1.54) is 6.92 Å². The molecular weight excluding hydrogens is 256 g/mol. The average Bonchev–Trinajstić information content (AvgIpc) is 2.24. The van der Waals surface area contributed by atoms with Gasteiger partial charge in [0.1, 0.15) is 0 Å². The van der Waals surface area contributed by atoms with E-state index in [9.17, 15) is 13.2 Å². The van der Waals surface area contributed by atoms with E-state index in [2.05, 4.69) is 0 Å². The molecule has 0 aliphatic carbocycles. The van der Waals surface area contributed by atoms with Gasteiger partial charge < -0.3 is 4.74 Å². The van der Waals surface area contributed by atoms with E-state index in [0.29, 0.717) is 13.0 Å². The van der Waals surface area contributed by atoms with E-state index in [1.54, 1.807) is 0 Å². The van der Waals surface area contributed by atoms with Crippen LogP contribution in [0.15, 0.2) is 0 Å². The number of ether oxygens (including phenoxy) is 1. The fourth-order valence-corrected chi connectivity index (χ4v) is 2.23. The standard InChI is InChI=1S/C12H24O5S/c1-12(13)17-10-8-6-4-2-3-5-7-9-11-18(14,15)16/h2-11H2,1H3,(H,14,15,16). The highest BCUT2D eigenvalue weighted by Gasteiger charge is 2.02. The summed E-state index contributed by atoms with van der Waals surface area (Å²) in [6.07, 6.45) is 7.64. The number of hydrogen-bond donors (Lipinski definition) is 1. The molecule has 0 aromatic carbocycles. The van der Waals surface area contributed by atoms with Gasteiger partial charge in [0.25, 0.3) is 10.1 Å². The summed E-state index contributed by atoms with van der Waals surface area (Å²) in [5.74, 6) is -0.358. The predicted molar refractivity (Wildman–Crippen MR) is 70.0 cm³/mol. The summed E-state index contributed by atoms with van der Waals surface area (Å²) >= 11 is 0. The Morgan fingerprint density at radius 1 is 0.944 bits per heavy atom. The van der Waals surface area contributed by atoms with Gasteiger partial charge >= 0.3 is 5.97 Å². The monoisotopic (exact) mass is 280 g/mol. The fourth-order valence-electron chi connectivity index (χ4n) is 1.66. The van der Waals surface area contributed by atoms with Crippen molar-refractivity contribution in [3.63, 3.8) is 0 Å². The maximum Gasteiger partial charge on any atom is 0.302 e. The van der Waals surface area contributed by atoms with Gasteiger partial charge in [-0.2, -0.15) is 8.42 Å². The zero-order chi connectivity index (χ0) is 13.9. The molecule has 0 saturated heterocycles. The summed E-state index contributed by atoms with van der Waals surface area (Å²) in [4.78, 5) is 10.5. The van der Waals surface area contributed by atoms with Gasteiger partial charge in [0.2, 0.25) is 0 Å². The first-order chi connectivity index (χ1) is 8.42. The van der Waals surface area contributed by atoms with Crippen molar-refractivity contribution in [3.05, 3.63) is 0 Å². The molecule has 0 aromatic rings. The molecule has 0 aliphatic heterocycles. The van der Waals surface area contributed by atoms with Gasteiger partial charge in [-0.15, -0.1) is 0 Å². The van der Waals surface area contributed by atoms with Gasteiger partial charge in [0.05, 0.1) is 12.4 Å². The number of unbranched alkanes of at least 4 members (excludes halogenated alkanes) is 7. The Labute approximate surface area is 110 Å². The molecule has 0 saturated carbocycles. The van der Waals surface area contributed by atoms with Crippen LogP contribution in [-0.2, 0) is 19.6 Å². The lowest BCUT2D eigenvalue weighted by Crippen LogP contribution is -2.03. The van der Waals surface area contributed by atoms with Crippen LogP contribution in [0.5, 0.6) is 0 Å². The Balaban J connectivity index is 3.10. The van der Waals surface area contributed by atoms with Gasteiger partial charge in [-0.3, -0.25) is 9.35 Å². The first-order valence-electron chi connectivity index (χ1n) is 6.50. The molecule has 0 amide bonds. The lowest BCUT2D eigenvalue weighted by atomic mass is 10.1. The topological polar surface area (TPSA) is 80.7 Å². The number of carbonyl (C=O) groups excluding carboxylic acids is 1. The van der Waals surface area contributed by atoms with Crippen molar-refractivity contribution >= 4 is 16.1 Å². The third-order valence-corrected chi connectivity index (χ3v) is 3.41. The zero-order valence-corrected chi connectivity index (χ0v) is 11.9. The number of esters is 1. The summed E-state index contributed by atoms with van der Waals surface area (Å²) in [5.41, 5.74) is 0. The summed E-state index contributed by atoms with van der Waals surface area (Å²) in [6, 6.07) is 0. The Morgan fingerprint density at radius 2 is 1.39 bits per heavy atom. The highest BCUT2D eigenvalue weighted by Crippen LogP contribution is 2.09. The Morgan fingerprint density at radius 3 is 1.83 bits per heavy atom. The van der Waals surface area contributed by atoms with Gasteiger partial charge in [-0.1, -0.05) is 38.5 Å². The number of carbonyl (C=O) groups is 1. The van der Waals surface area contributed by atoms with Crippen LogP contribution in [0.3, 0.4) is 0 Å². The van der Waals surface area contributed by atoms with E-state index < -0.39 is 10.1 Å². The smallest absolute Gasteiger partial charge is 0.302 e. The molecule has 6 heteroatoms. The average molecular weight is 280 g/mol. The quantitative estimate of drug-likeness (QED) is 0.357. The minimum atomic E-state index is -3.78. The summed E-state index contributed by atoms with van der Waals surface area (Å²) in [5, 5.41) is 0. The Kier molecular flexibility index (Phi) is 9.96.